The lowest BCUT2D eigenvalue weighted by atomic mass is 10.1. The second kappa shape index (κ2) is 8.39. The van der Waals surface area contributed by atoms with Gasteiger partial charge in [-0.2, -0.15) is 0 Å². The van der Waals surface area contributed by atoms with Crippen LogP contribution in [0.15, 0.2) is 40.8 Å². The highest BCUT2D eigenvalue weighted by Gasteiger charge is 2.12. The van der Waals surface area contributed by atoms with Crippen LogP contribution in [0.2, 0.25) is 0 Å². The maximum atomic E-state index is 12.1. The molecule has 0 spiro atoms. The number of unbranched alkanes of at least 4 members (excludes halogenated alkanes) is 2. The molecule has 0 radical (unpaired) electrons. The number of carbonyl (C=O) groups excluding carboxylic acids is 1. The topological polar surface area (TPSA) is 74.5 Å². The molecule has 1 unspecified atom stereocenters. The molecule has 1 aromatic carbocycles. The number of anilines is 2. The summed E-state index contributed by atoms with van der Waals surface area (Å²) in [6.45, 7) is 3.76. The Hall–Kier alpha value is -2.27. The van der Waals surface area contributed by atoms with E-state index in [1.807, 2.05) is 24.3 Å². The van der Waals surface area contributed by atoms with E-state index in [1.165, 1.54) is 24.8 Å². The van der Waals surface area contributed by atoms with Crippen molar-refractivity contribution in [3.63, 3.8) is 0 Å². The van der Waals surface area contributed by atoms with Crippen LogP contribution in [0.25, 0.3) is 0 Å². The molecule has 1 aromatic heterocycles. The number of aryl methyl sites for hydroxylation is 1. The second-order valence-corrected chi connectivity index (χ2v) is 5.59. The Bertz CT molecular complexity index is 617. The summed E-state index contributed by atoms with van der Waals surface area (Å²) in [5, 5.41) is 14.7. The molecule has 1 heterocycles. The Morgan fingerprint density at radius 1 is 1.17 bits per heavy atom. The SMILES string of the molecule is CCCCCc1ccc(NC(=O)c2ccc(NC(C)O)o2)cc1. The number of amides is 1. The molecule has 0 fully saturated rings. The van der Waals surface area contributed by atoms with Crippen LogP contribution in [0.3, 0.4) is 0 Å². The molecule has 1 atom stereocenters. The fourth-order valence-corrected chi connectivity index (χ4v) is 2.27. The minimum atomic E-state index is -0.739. The molecule has 0 aliphatic rings. The summed E-state index contributed by atoms with van der Waals surface area (Å²) in [7, 11) is 0. The third kappa shape index (κ3) is 5.45. The number of aliphatic hydroxyl groups excluding tert-OH is 1. The van der Waals surface area contributed by atoms with E-state index < -0.39 is 6.23 Å². The van der Waals surface area contributed by atoms with Crippen molar-refractivity contribution < 1.29 is 14.3 Å². The highest BCUT2D eigenvalue weighted by Crippen LogP contribution is 2.17. The zero-order valence-corrected chi connectivity index (χ0v) is 13.6. The van der Waals surface area contributed by atoms with E-state index >= 15 is 0 Å². The summed E-state index contributed by atoms with van der Waals surface area (Å²) >= 11 is 0. The van der Waals surface area contributed by atoms with Gasteiger partial charge in [0.1, 0.15) is 6.23 Å². The number of aliphatic hydroxyl groups is 1. The minimum Gasteiger partial charge on any atom is -0.436 e. The summed E-state index contributed by atoms with van der Waals surface area (Å²) in [5.74, 6) is 0.235. The van der Waals surface area contributed by atoms with Gasteiger partial charge >= 0.3 is 0 Å². The summed E-state index contributed by atoms with van der Waals surface area (Å²) in [6, 6.07) is 11.0. The first-order valence-corrected chi connectivity index (χ1v) is 8.03. The van der Waals surface area contributed by atoms with Crippen molar-refractivity contribution in [2.75, 3.05) is 10.6 Å². The number of hydrogen-bond donors (Lipinski definition) is 3. The summed E-state index contributed by atoms with van der Waals surface area (Å²) in [5.41, 5.74) is 2.01. The second-order valence-electron chi connectivity index (χ2n) is 5.59. The smallest absolute Gasteiger partial charge is 0.291 e. The predicted octanol–water partition coefficient (Wildman–Crippen LogP) is 4.01. The fraction of sp³-hybridized carbons (Fsp3) is 0.389. The maximum Gasteiger partial charge on any atom is 0.291 e. The lowest BCUT2D eigenvalue weighted by Gasteiger charge is -2.06. The van der Waals surface area contributed by atoms with E-state index in [2.05, 4.69) is 17.6 Å². The molecule has 2 rings (SSSR count). The molecule has 0 aliphatic heterocycles. The molecule has 5 nitrogen and oxygen atoms in total. The molecule has 0 bridgehead atoms. The van der Waals surface area contributed by atoms with Crippen molar-refractivity contribution in [1.29, 1.82) is 0 Å². The summed E-state index contributed by atoms with van der Waals surface area (Å²) < 4.78 is 5.33. The Kier molecular flexibility index (Phi) is 6.23. The van der Waals surface area contributed by atoms with E-state index in [1.54, 1.807) is 19.1 Å². The van der Waals surface area contributed by atoms with Gasteiger partial charge in [-0.05, 0) is 43.5 Å². The first-order valence-electron chi connectivity index (χ1n) is 8.03. The van der Waals surface area contributed by atoms with Crippen molar-refractivity contribution in [2.24, 2.45) is 0 Å². The van der Waals surface area contributed by atoms with Gasteiger partial charge in [-0.1, -0.05) is 31.9 Å². The van der Waals surface area contributed by atoms with Crippen molar-refractivity contribution in [2.45, 2.75) is 45.8 Å². The molecule has 0 saturated heterocycles. The highest BCUT2D eigenvalue weighted by molar-refractivity contribution is 6.02. The van der Waals surface area contributed by atoms with Crippen molar-refractivity contribution in [1.82, 2.24) is 0 Å². The molecule has 0 aliphatic carbocycles. The molecule has 1 amide bonds. The van der Waals surface area contributed by atoms with Gasteiger partial charge in [-0.15, -0.1) is 0 Å². The number of nitrogens with one attached hydrogen (secondary N) is 2. The third-order valence-corrected chi connectivity index (χ3v) is 3.46. The number of hydrogen-bond acceptors (Lipinski definition) is 4. The number of benzene rings is 1. The zero-order chi connectivity index (χ0) is 16.7. The number of rotatable bonds is 8. The van der Waals surface area contributed by atoms with Crippen LogP contribution in [0.5, 0.6) is 0 Å². The molecule has 2 aromatic rings. The van der Waals surface area contributed by atoms with Crippen molar-refractivity contribution in [3.8, 4) is 0 Å². The van der Waals surface area contributed by atoms with Gasteiger partial charge in [-0.3, -0.25) is 4.79 Å². The van der Waals surface area contributed by atoms with E-state index in [0.29, 0.717) is 5.88 Å². The standard InChI is InChI=1S/C18H24N2O3/c1-3-4-5-6-14-7-9-15(10-8-14)20-18(22)16-11-12-17(23-16)19-13(2)21/h7-13,19,21H,3-6H2,1-2H3,(H,20,22). The Balaban J connectivity index is 1.90. The van der Waals surface area contributed by atoms with Crippen molar-refractivity contribution in [3.05, 3.63) is 47.7 Å². The summed E-state index contributed by atoms with van der Waals surface area (Å²) in [4.78, 5) is 12.1. The van der Waals surface area contributed by atoms with Crippen LogP contribution in [-0.2, 0) is 6.42 Å². The average molecular weight is 316 g/mol. The maximum absolute atomic E-state index is 12.1. The van der Waals surface area contributed by atoms with Crippen LogP contribution in [0, 0.1) is 0 Å². The monoisotopic (exact) mass is 316 g/mol. The largest absolute Gasteiger partial charge is 0.436 e. The first kappa shape index (κ1) is 17.1. The van der Waals surface area contributed by atoms with Gasteiger partial charge in [0.05, 0.1) is 0 Å². The van der Waals surface area contributed by atoms with Crippen molar-refractivity contribution >= 4 is 17.5 Å². The Morgan fingerprint density at radius 3 is 2.57 bits per heavy atom. The molecule has 124 valence electrons. The Morgan fingerprint density at radius 2 is 1.91 bits per heavy atom. The van der Waals surface area contributed by atoms with Gasteiger partial charge in [0.25, 0.3) is 5.91 Å². The predicted molar refractivity (Wildman–Crippen MR) is 91.6 cm³/mol. The molecule has 5 heteroatoms. The zero-order valence-electron chi connectivity index (χ0n) is 13.6. The lowest BCUT2D eigenvalue weighted by Crippen LogP contribution is -2.13. The van der Waals surface area contributed by atoms with Gasteiger partial charge in [-0.25, -0.2) is 0 Å². The molecule has 23 heavy (non-hydrogen) atoms. The van der Waals surface area contributed by atoms with Gasteiger partial charge < -0.3 is 20.2 Å². The fourth-order valence-electron chi connectivity index (χ4n) is 2.27. The van der Waals surface area contributed by atoms with E-state index in [9.17, 15) is 9.90 Å². The minimum absolute atomic E-state index is 0.195. The lowest BCUT2D eigenvalue weighted by molar-refractivity contribution is 0.0997. The van der Waals surface area contributed by atoms with Crippen LogP contribution in [0.1, 0.15) is 49.2 Å². The van der Waals surface area contributed by atoms with Crippen LogP contribution >= 0.6 is 0 Å². The van der Waals surface area contributed by atoms with Gasteiger partial charge in [0, 0.05) is 11.8 Å². The van der Waals surface area contributed by atoms with Crippen LogP contribution in [-0.4, -0.2) is 17.2 Å². The average Bonchev–Trinajstić information content (AvgIpc) is 2.97. The number of carbonyl (C=O) groups is 1. The molecule has 0 saturated carbocycles. The van der Waals surface area contributed by atoms with Gasteiger partial charge in [0.2, 0.25) is 0 Å². The molecular formula is C18H24N2O3. The first-order chi connectivity index (χ1) is 11.1. The summed E-state index contributed by atoms with van der Waals surface area (Å²) in [6.07, 6.45) is 3.96. The quantitative estimate of drug-likeness (QED) is 0.508. The number of furan rings is 1. The molecular weight excluding hydrogens is 292 g/mol. The van der Waals surface area contributed by atoms with Crippen LogP contribution in [0.4, 0.5) is 11.6 Å². The van der Waals surface area contributed by atoms with Gasteiger partial charge in [0.15, 0.2) is 11.6 Å². The normalized spacial score (nSPS) is 12.0. The highest BCUT2D eigenvalue weighted by atomic mass is 16.4. The Labute approximate surface area is 136 Å². The van der Waals surface area contributed by atoms with E-state index in [-0.39, 0.29) is 11.7 Å². The third-order valence-electron chi connectivity index (χ3n) is 3.46. The van der Waals surface area contributed by atoms with E-state index in [4.69, 9.17) is 4.42 Å². The molecule has 3 N–H and O–H groups in total. The van der Waals surface area contributed by atoms with Crippen LogP contribution < -0.4 is 10.6 Å². The van der Waals surface area contributed by atoms with E-state index in [0.717, 1.165) is 12.1 Å².